The monoisotopic (exact) mass is 466 g/mol. The molecular formula is C25H23FN2O4S. The van der Waals surface area contributed by atoms with Crippen LogP contribution in [0.25, 0.3) is 0 Å². The van der Waals surface area contributed by atoms with Crippen molar-refractivity contribution in [3.05, 3.63) is 89.2 Å². The van der Waals surface area contributed by atoms with E-state index in [1.807, 2.05) is 0 Å². The zero-order valence-corrected chi connectivity index (χ0v) is 18.9. The van der Waals surface area contributed by atoms with E-state index in [0.29, 0.717) is 51.7 Å². The lowest BCUT2D eigenvalue weighted by atomic mass is 10.1. The van der Waals surface area contributed by atoms with Crippen LogP contribution in [-0.2, 0) is 22.1 Å². The van der Waals surface area contributed by atoms with E-state index in [0.717, 1.165) is 0 Å². The molecule has 0 bridgehead atoms. The molecule has 2 amide bonds. The van der Waals surface area contributed by atoms with Crippen molar-refractivity contribution in [3.63, 3.8) is 0 Å². The molecule has 1 unspecified atom stereocenters. The summed E-state index contributed by atoms with van der Waals surface area (Å²) in [6, 6.07) is 17.5. The summed E-state index contributed by atoms with van der Waals surface area (Å²) in [6.07, 6.45) is 0.668. The molecule has 0 saturated heterocycles. The zero-order chi connectivity index (χ0) is 23.4. The third-order valence-electron chi connectivity index (χ3n) is 5.34. The van der Waals surface area contributed by atoms with Crippen LogP contribution in [0.3, 0.4) is 0 Å². The number of halogens is 1. The SMILES string of the molecule is COCCCNC(=O)c1ccc2c(c1)N(Cc1ccc(F)cc1)C(=O)c1ccccc1S2=O. The van der Waals surface area contributed by atoms with Crippen LogP contribution >= 0.6 is 0 Å². The molecular weight excluding hydrogens is 443 g/mol. The molecule has 0 spiro atoms. The minimum absolute atomic E-state index is 0.135. The summed E-state index contributed by atoms with van der Waals surface area (Å²) >= 11 is 0. The first kappa shape index (κ1) is 22.8. The van der Waals surface area contributed by atoms with E-state index < -0.39 is 10.8 Å². The van der Waals surface area contributed by atoms with Gasteiger partial charge >= 0.3 is 0 Å². The summed E-state index contributed by atoms with van der Waals surface area (Å²) in [4.78, 5) is 28.6. The number of nitrogens with one attached hydrogen (secondary N) is 1. The topological polar surface area (TPSA) is 75.7 Å². The van der Waals surface area contributed by atoms with Gasteiger partial charge in [-0.2, -0.15) is 0 Å². The van der Waals surface area contributed by atoms with Crippen molar-refractivity contribution in [1.82, 2.24) is 5.32 Å². The average Bonchev–Trinajstić information content (AvgIpc) is 2.92. The smallest absolute Gasteiger partial charge is 0.259 e. The van der Waals surface area contributed by atoms with E-state index in [2.05, 4.69) is 5.32 Å². The van der Waals surface area contributed by atoms with Crippen LogP contribution in [0.15, 0.2) is 76.5 Å². The number of hydrogen-bond acceptors (Lipinski definition) is 4. The van der Waals surface area contributed by atoms with Crippen molar-refractivity contribution in [2.24, 2.45) is 0 Å². The molecule has 1 heterocycles. The predicted octanol–water partition coefficient (Wildman–Crippen LogP) is 3.92. The van der Waals surface area contributed by atoms with Crippen LogP contribution in [0.5, 0.6) is 0 Å². The molecule has 3 aromatic rings. The number of fused-ring (bicyclic) bond motifs is 2. The van der Waals surface area contributed by atoms with Crippen molar-refractivity contribution >= 4 is 28.3 Å². The van der Waals surface area contributed by atoms with Crippen molar-refractivity contribution in [2.45, 2.75) is 22.8 Å². The largest absolute Gasteiger partial charge is 0.385 e. The molecule has 1 N–H and O–H groups in total. The maximum Gasteiger partial charge on any atom is 0.259 e. The first-order valence-corrected chi connectivity index (χ1v) is 11.6. The fraction of sp³-hybridized carbons (Fsp3) is 0.200. The van der Waals surface area contributed by atoms with Crippen LogP contribution in [0.2, 0.25) is 0 Å². The average molecular weight is 467 g/mol. The Balaban J connectivity index is 1.75. The number of hydrogen-bond donors (Lipinski definition) is 1. The van der Waals surface area contributed by atoms with Gasteiger partial charge in [-0.05, 0) is 54.4 Å². The second-order valence-corrected chi connectivity index (χ2v) is 8.98. The second-order valence-electron chi connectivity index (χ2n) is 7.57. The summed E-state index contributed by atoms with van der Waals surface area (Å²) in [7, 11) is -0.0144. The Morgan fingerprint density at radius 1 is 1.06 bits per heavy atom. The van der Waals surface area contributed by atoms with Gasteiger partial charge in [-0.15, -0.1) is 0 Å². The first-order valence-electron chi connectivity index (χ1n) is 10.5. The number of benzene rings is 3. The number of methoxy groups -OCH3 is 1. The summed E-state index contributed by atoms with van der Waals surface area (Å²) < 4.78 is 31.8. The highest BCUT2D eigenvalue weighted by Gasteiger charge is 2.31. The molecule has 33 heavy (non-hydrogen) atoms. The molecule has 1 aliphatic heterocycles. The number of ether oxygens (including phenoxy) is 1. The van der Waals surface area contributed by atoms with Gasteiger partial charge in [0.15, 0.2) is 0 Å². The van der Waals surface area contributed by atoms with E-state index in [4.69, 9.17) is 4.74 Å². The minimum atomic E-state index is -1.61. The lowest BCUT2D eigenvalue weighted by molar-refractivity contribution is 0.0945. The van der Waals surface area contributed by atoms with Crippen LogP contribution < -0.4 is 10.2 Å². The number of nitrogens with zero attached hydrogens (tertiary/aromatic N) is 1. The van der Waals surface area contributed by atoms with Gasteiger partial charge in [0, 0.05) is 25.8 Å². The number of anilines is 1. The quantitative estimate of drug-likeness (QED) is 0.536. The molecule has 170 valence electrons. The lowest BCUT2D eigenvalue weighted by Gasteiger charge is -2.23. The van der Waals surface area contributed by atoms with E-state index in [9.17, 15) is 18.2 Å². The van der Waals surface area contributed by atoms with Gasteiger partial charge in [-0.1, -0.05) is 24.3 Å². The maximum absolute atomic E-state index is 13.5. The van der Waals surface area contributed by atoms with Gasteiger partial charge in [0.2, 0.25) is 0 Å². The maximum atomic E-state index is 13.5. The van der Waals surface area contributed by atoms with Crippen molar-refractivity contribution in [2.75, 3.05) is 25.2 Å². The molecule has 0 aliphatic carbocycles. The Labute approximate surface area is 193 Å². The molecule has 3 aromatic carbocycles. The number of rotatable bonds is 7. The Hall–Kier alpha value is -3.36. The van der Waals surface area contributed by atoms with Gasteiger partial charge < -0.3 is 15.0 Å². The fourth-order valence-corrected chi connectivity index (χ4v) is 5.00. The van der Waals surface area contributed by atoms with Crippen LogP contribution in [0.4, 0.5) is 10.1 Å². The number of amides is 2. The summed E-state index contributed by atoms with van der Waals surface area (Å²) in [5.41, 5.74) is 1.78. The molecule has 0 fully saturated rings. The molecule has 6 nitrogen and oxygen atoms in total. The van der Waals surface area contributed by atoms with Gasteiger partial charge in [0.1, 0.15) is 5.82 Å². The second kappa shape index (κ2) is 10.1. The van der Waals surface area contributed by atoms with Crippen molar-refractivity contribution < 1.29 is 22.9 Å². The van der Waals surface area contributed by atoms with Crippen LogP contribution in [0, 0.1) is 5.82 Å². The third kappa shape index (κ3) is 4.86. The fourth-order valence-electron chi connectivity index (χ4n) is 3.65. The molecule has 8 heteroatoms. The number of carbonyl (C=O) groups is 2. The van der Waals surface area contributed by atoms with Crippen LogP contribution in [0.1, 0.15) is 32.7 Å². The molecule has 0 saturated carbocycles. The molecule has 4 rings (SSSR count). The normalized spacial score (nSPS) is 14.9. The predicted molar refractivity (Wildman–Crippen MR) is 123 cm³/mol. The van der Waals surface area contributed by atoms with Gasteiger partial charge in [-0.25, -0.2) is 8.60 Å². The number of carbonyl (C=O) groups excluding carboxylic acids is 2. The molecule has 1 atom stereocenters. The Morgan fingerprint density at radius 3 is 2.58 bits per heavy atom. The molecule has 1 aliphatic rings. The van der Waals surface area contributed by atoms with Gasteiger partial charge in [0.05, 0.1) is 38.4 Å². The summed E-state index contributed by atoms with van der Waals surface area (Å²) in [6.45, 7) is 1.11. The Morgan fingerprint density at radius 2 is 1.82 bits per heavy atom. The first-order chi connectivity index (χ1) is 16.0. The van der Waals surface area contributed by atoms with Crippen molar-refractivity contribution in [3.8, 4) is 0 Å². The minimum Gasteiger partial charge on any atom is -0.385 e. The van der Waals surface area contributed by atoms with Gasteiger partial charge in [-0.3, -0.25) is 9.59 Å². The van der Waals surface area contributed by atoms with E-state index in [-0.39, 0.29) is 24.2 Å². The Kier molecular flexibility index (Phi) is 6.96. The van der Waals surface area contributed by atoms with E-state index in [1.54, 1.807) is 61.7 Å². The highest BCUT2D eigenvalue weighted by atomic mass is 32.2. The Bertz CT molecular complexity index is 1210. The standard InChI is InChI=1S/C25H23FN2O4S/c1-32-14-4-13-27-24(29)18-9-12-23-21(15-18)28(16-17-7-10-19(26)11-8-17)25(30)20-5-2-3-6-22(20)33(23)31/h2-3,5-12,15H,4,13-14,16H2,1H3,(H,27,29). The van der Waals surface area contributed by atoms with Crippen LogP contribution in [-0.4, -0.2) is 36.3 Å². The lowest BCUT2D eigenvalue weighted by Crippen LogP contribution is -2.31. The van der Waals surface area contributed by atoms with Gasteiger partial charge in [0.25, 0.3) is 11.8 Å². The zero-order valence-electron chi connectivity index (χ0n) is 18.0. The molecule has 0 radical (unpaired) electrons. The third-order valence-corrected chi connectivity index (χ3v) is 6.84. The summed E-state index contributed by atoms with van der Waals surface area (Å²) in [5.74, 6) is -1.00. The summed E-state index contributed by atoms with van der Waals surface area (Å²) in [5, 5.41) is 2.83. The van der Waals surface area contributed by atoms with Crippen molar-refractivity contribution in [1.29, 1.82) is 0 Å². The molecule has 0 aromatic heterocycles. The highest BCUT2D eigenvalue weighted by Crippen LogP contribution is 2.36. The van der Waals surface area contributed by atoms with E-state index in [1.165, 1.54) is 17.0 Å². The highest BCUT2D eigenvalue weighted by molar-refractivity contribution is 7.85. The van der Waals surface area contributed by atoms with E-state index >= 15 is 0 Å².